The van der Waals surface area contributed by atoms with Gasteiger partial charge in [-0.2, -0.15) is 5.26 Å². The van der Waals surface area contributed by atoms with Crippen molar-refractivity contribution in [2.45, 2.75) is 25.9 Å². The van der Waals surface area contributed by atoms with Gasteiger partial charge in [0.25, 0.3) is 5.91 Å². The lowest BCUT2D eigenvalue weighted by atomic mass is 10.2. The minimum Gasteiger partial charge on any atom is -0.467 e. The monoisotopic (exact) mass is 236 g/mol. The Morgan fingerprint density at radius 2 is 2.47 bits per heavy atom. The third-order valence-electron chi connectivity index (χ3n) is 2.65. The first-order valence-electron chi connectivity index (χ1n) is 5.24. The van der Waals surface area contributed by atoms with Crippen LogP contribution in [0.2, 0.25) is 0 Å². The summed E-state index contributed by atoms with van der Waals surface area (Å²) in [6.07, 6.45) is 1.87. The van der Waals surface area contributed by atoms with E-state index in [0.29, 0.717) is 24.3 Å². The van der Waals surface area contributed by atoms with Crippen LogP contribution < -0.4 is 11.3 Å². The van der Waals surface area contributed by atoms with E-state index in [1.165, 1.54) is 6.26 Å². The molecule has 1 unspecified atom stereocenters. The number of nitrogens with two attached hydrogens (primary N) is 1. The van der Waals surface area contributed by atoms with Crippen molar-refractivity contribution in [3.05, 3.63) is 23.7 Å². The number of nitrogen functional groups attached to an aromatic ring is 1. The molecule has 0 aliphatic rings. The quantitative estimate of drug-likeness (QED) is 0.444. The van der Waals surface area contributed by atoms with Gasteiger partial charge in [-0.1, -0.05) is 0 Å². The molecule has 1 aromatic rings. The molecular formula is C11H16N4O2. The van der Waals surface area contributed by atoms with Crippen molar-refractivity contribution in [1.82, 2.24) is 10.3 Å². The SMILES string of the molecule is CC(CC#N)N(C)Cc1occc1C(=O)NN. The topological polar surface area (TPSA) is 95.3 Å². The molecule has 0 fully saturated rings. The minimum absolute atomic E-state index is 0.0962. The van der Waals surface area contributed by atoms with Gasteiger partial charge in [-0.3, -0.25) is 15.1 Å². The second-order valence-corrected chi connectivity index (χ2v) is 3.86. The molecule has 0 saturated heterocycles. The van der Waals surface area contributed by atoms with Gasteiger partial charge >= 0.3 is 0 Å². The molecule has 0 radical (unpaired) electrons. The highest BCUT2D eigenvalue weighted by molar-refractivity contribution is 5.94. The second-order valence-electron chi connectivity index (χ2n) is 3.86. The maximum atomic E-state index is 11.4. The van der Waals surface area contributed by atoms with E-state index in [-0.39, 0.29) is 11.9 Å². The Hall–Kier alpha value is -1.84. The summed E-state index contributed by atoms with van der Waals surface area (Å²) in [4.78, 5) is 13.3. The summed E-state index contributed by atoms with van der Waals surface area (Å²) in [5.41, 5.74) is 2.49. The van der Waals surface area contributed by atoms with Gasteiger partial charge in [0.1, 0.15) is 5.76 Å². The van der Waals surface area contributed by atoms with E-state index in [1.807, 2.05) is 18.9 Å². The maximum Gasteiger partial charge on any atom is 0.268 e. The lowest BCUT2D eigenvalue weighted by Crippen LogP contribution is -2.32. The van der Waals surface area contributed by atoms with Crippen LogP contribution in [0.4, 0.5) is 0 Å². The number of hydrogen-bond acceptors (Lipinski definition) is 5. The zero-order valence-corrected chi connectivity index (χ0v) is 9.93. The van der Waals surface area contributed by atoms with E-state index < -0.39 is 0 Å². The number of carbonyl (C=O) groups excluding carboxylic acids is 1. The van der Waals surface area contributed by atoms with E-state index in [9.17, 15) is 4.79 Å². The fourth-order valence-corrected chi connectivity index (χ4v) is 1.41. The predicted molar refractivity (Wildman–Crippen MR) is 61.5 cm³/mol. The van der Waals surface area contributed by atoms with Crippen LogP contribution in [-0.2, 0) is 6.54 Å². The molecule has 0 bridgehead atoms. The van der Waals surface area contributed by atoms with Gasteiger partial charge in [0.15, 0.2) is 0 Å². The molecule has 1 rings (SSSR count). The number of carbonyl (C=O) groups is 1. The normalized spacial score (nSPS) is 12.2. The van der Waals surface area contributed by atoms with Crippen molar-refractivity contribution in [3.63, 3.8) is 0 Å². The van der Waals surface area contributed by atoms with Gasteiger partial charge in [-0.05, 0) is 20.0 Å². The van der Waals surface area contributed by atoms with E-state index >= 15 is 0 Å². The van der Waals surface area contributed by atoms with Crippen molar-refractivity contribution in [3.8, 4) is 6.07 Å². The first-order chi connectivity index (χ1) is 8.10. The molecule has 1 atom stereocenters. The van der Waals surface area contributed by atoms with Crippen LogP contribution >= 0.6 is 0 Å². The third-order valence-corrected chi connectivity index (χ3v) is 2.65. The molecule has 6 nitrogen and oxygen atoms in total. The summed E-state index contributed by atoms with van der Waals surface area (Å²) in [7, 11) is 1.87. The molecule has 1 amide bonds. The van der Waals surface area contributed by atoms with E-state index in [4.69, 9.17) is 15.5 Å². The summed E-state index contributed by atoms with van der Waals surface area (Å²) in [5, 5.41) is 8.61. The van der Waals surface area contributed by atoms with Crippen molar-refractivity contribution in [2.24, 2.45) is 5.84 Å². The fourth-order valence-electron chi connectivity index (χ4n) is 1.41. The molecule has 1 aromatic heterocycles. The van der Waals surface area contributed by atoms with Gasteiger partial charge < -0.3 is 4.42 Å². The van der Waals surface area contributed by atoms with E-state index in [0.717, 1.165) is 0 Å². The summed E-state index contributed by atoms with van der Waals surface area (Å²) in [6, 6.07) is 3.77. The molecular weight excluding hydrogens is 220 g/mol. The molecule has 0 aliphatic carbocycles. The van der Waals surface area contributed by atoms with Crippen LogP contribution in [0, 0.1) is 11.3 Å². The lowest BCUT2D eigenvalue weighted by Gasteiger charge is -2.21. The van der Waals surface area contributed by atoms with Crippen LogP contribution in [0.15, 0.2) is 16.7 Å². The Bertz CT molecular complexity index is 421. The third kappa shape index (κ3) is 3.31. The van der Waals surface area contributed by atoms with Crippen LogP contribution in [0.1, 0.15) is 29.5 Å². The van der Waals surface area contributed by atoms with Crippen LogP contribution in [0.3, 0.4) is 0 Å². The summed E-state index contributed by atoms with van der Waals surface area (Å²) >= 11 is 0. The standard InChI is InChI=1S/C11H16N4O2/c1-8(3-5-12)15(2)7-10-9(4-6-17-10)11(16)14-13/h4,6,8H,3,7,13H2,1-2H3,(H,14,16). The smallest absolute Gasteiger partial charge is 0.268 e. The molecule has 92 valence electrons. The van der Waals surface area contributed by atoms with Crippen LogP contribution in [0.25, 0.3) is 0 Å². The van der Waals surface area contributed by atoms with Crippen molar-refractivity contribution >= 4 is 5.91 Å². The number of nitrogens with zero attached hydrogens (tertiary/aromatic N) is 2. The largest absolute Gasteiger partial charge is 0.467 e. The maximum absolute atomic E-state index is 11.4. The summed E-state index contributed by atoms with van der Waals surface area (Å²) in [6.45, 7) is 2.40. The van der Waals surface area contributed by atoms with Crippen LogP contribution in [0.5, 0.6) is 0 Å². The molecule has 6 heteroatoms. The number of hydrogen-bond donors (Lipinski definition) is 2. The molecule has 17 heavy (non-hydrogen) atoms. The zero-order chi connectivity index (χ0) is 12.8. The molecule has 0 aromatic carbocycles. The van der Waals surface area contributed by atoms with Crippen molar-refractivity contribution in [1.29, 1.82) is 5.26 Å². The number of furan rings is 1. The number of hydrazine groups is 1. The highest BCUT2D eigenvalue weighted by Crippen LogP contribution is 2.14. The molecule has 1 heterocycles. The Kier molecular flexibility index (Phi) is 4.69. The van der Waals surface area contributed by atoms with Gasteiger partial charge in [-0.15, -0.1) is 0 Å². The number of amides is 1. The van der Waals surface area contributed by atoms with Gasteiger partial charge in [-0.25, -0.2) is 5.84 Å². The van der Waals surface area contributed by atoms with Crippen molar-refractivity contribution in [2.75, 3.05) is 7.05 Å². The Morgan fingerprint density at radius 3 is 3.06 bits per heavy atom. The fraction of sp³-hybridized carbons (Fsp3) is 0.455. The van der Waals surface area contributed by atoms with Gasteiger partial charge in [0.05, 0.1) is 30.9 Å². The van der Waals surface area contributed by atoms with Crippen LogP contribution in [-0.4, -0.2) is 23.9 Å². The number of nitriles is 1. The molecule has 0 saturated carbocycles. The lowest BCUT2D eigenvalue weighted by molar-refractivity contribution is 0.0949. The van der Waals surface area contributed by atoms with Gasteiger partial charge in [0, 0.05) is 6.04 Å². The number of nitrogens with one attached hydrogen (secondary N) is 1. The highest BCUT2D eigenvalue weighted by atomic mass is 16.3. The number of rotatable bonds is 5. The first kappa shape index (κ1) is 13.2. The Labute approximate surface area is 100.0 Å². The van der Waals surface area contributed by atoms with Crippen molar-refractivity contribution < 1.29 is 9.21 Å². The predicted octanol–water partition coefficient (Wildman–Crippen LogP) is 0.617. The summed E-state index contributed by atoms with van der Waals surface area (Å²) < 4.78 is 5.25. The highest BCUT2D eigenvalue weighted by Gasteiger charge is 2.17. The zero-order valence-electron chi connectivity index (χ0n) is 9.93. The molecule has 0 aliphatic heterocycles. The Balaban J connectivity index is 2.72. The summed E-state index contributed by atoms with van der Waals surface area (Å²) in [5.74, 6) is 5.23. The van der Waals surface area contributed by atoms with E-state index in [2.05, 4.69) is 11.5 Å². The average molecular weight is 236 g/mol. The second kappa shape index (κ2) is 6.03. The average Bonchev–Trinajstić information content (AvgIpc) is 2.76. The van der Waals surface area contributed by atoms with E-state index in [1.54, 1.807) is 6.07 Å². The van der Waals surface area contributed by atoms with Gasteiger partial charge in [0.2, 0.25) is 0 Å². The first-order valence-corrected chi connectivity index (χ1v) is 5.24. The minimum atomic E-state index is -0.380. The molecule has 0 spiro atoms. The Morgan fingerprint density at radius 1 is 1.76 bits per heavy atom. The molecule has 3 N–H and O–H groups in total.